The Morgan fingerprint density at radius 3 is 2.50 bits per heavy atom. The molecule has 0 aliphatic rings. The van der Waals surface area contributed by atoms with Crippen molar-refractivity contribution in [2.75, 3.05) is 13.6 Å². The van der Waals surface area contributed by atoms with Crippen molar-refractivity contribution < 1.29 is 9.50 Å². The van der Waals surface area contributed by atoms with Crippen LogP contribution < -0.4 is 10.6 Å². The summed E-state index contributed by atoms with van der Waals surface area (Å²) < 4.78 is 13.4. The molecule has 6 heteroatoms. The normalized spacial score (nSPS) is 11.4. The monoisotopic (exact) mass is 349 g/mol. The summed E-state index contributed by atoms with van der Waals surface area (Å²) in [7, 11) is 1.70. The molecular formula is C18H21ClFN3O. The van der Waals surface area contributed by atoms with Crippen LogP contribution in [0.15, 0.2) is 47.5 Å². The summed E-state index contributed by atoms with van der Waals surface area (Å²) in [5.41, 5.74) is 2.36. The molecule has 0 atom stereocenters. The minimum Gasteiger partial charge on any atom is -0.392 e. The summed E-state index contributed by atoms with van der Waals surface area (Å²) in [6.07, 6.45) is 0.850. The van der Waals surface area contributed by atoms with Gasteiger partial charge in [0.15, 0.2) is 5.96 Å². The number of rotatable bonds is 6. The van der Waals surface area contributed by atoms with Gasteiger partial charge in [-0.2, -0.15) is 0 Å². The van der Waals surface area contributed by atoms with Gasteiger partial charge in [-0.1, -0.05) is 29.8 Å². The van der Waals surface area contributed by atoms with Crippen LogP contribution in [0.4, 0.5) is 4.39 Å². The van der Waals surface area contributed by atoms with Crippen molar-refractivity contribution in [3.05, 3.63) is 70.0 Å². The molecule has 4 nitrogen and oxygen atoms in total. The lowest BCUT2D eigenvalue weighted by Gasteiger charge is -2.12. The first-order valence-electron chi connectivity index (χ1n) is 7.69. The Balaban J connectivity index is 1.81. The van der Waals surface area contributed by atoms with Gasteiger partial charge in [-0.25, -0.2) is 4.39 Å². The molecule has 0 spiro atoms. The van der Waals surface area contributed by atoms with Crippen LogP contribution in [-0.4, -0.2) is 24.7 Å². The lowest BCUT2D eigenvalue weighted by atomic mass is 10.1. The van der Waals surface area contributed by atoms with Crippen LogP contribution in [0.1, 0.15) is 16.7 Å². The Morgan fingerprint density at radius 1 is 1.12 bits per heavy atom. The number of halogens is 2. The quantitative estimate of drug-likeness (QED) is 0.555. The van der Waals surface area contributed by atoms with Gasteiger partial charge in [0.1, 0.15) is 5.82 Å². The van der Waals surface area contributed by atoms with E-state index in [1.807, 2.05) is 24.3 Å². The maximum absolute atomic E-state index is 13.4. The highest BCUT2D eigenvalue weighted by Crippen LogP contribution is 2.11. The standard InChI is InChI=1S/C18H21ClFN3O/c1-21-18(22-9-8-13-2-5-16(19)6-3-13)23-11-14-4-7-17(20)15(10-14)12-24/h2-7,10,24H,8-9,11-12H2,1H3,(H2,21,22,23). The predicted octanol–water partition coefficient (Wildman–Crippen LogP) is 2.88. The van der Waals surface area contributed by atoms with Gasteiger partial charge in [0.05, 0.1) is 6.61 Å². The van der Waals surface area contributed by atoms with Crippen LogP contribution >= 0.6 is 11.6 Å². The van der Waals surface area contributed by atoms with Crippen molar-refractivity contribution in [2.24, 2.45) is 4.99 Å². The van der Waals surface area contributed by atoms with Crippen molar-refractivity contribution in [2.45, 2.75) is 19.6 Å². The van der Waals surface area contributed by atoms with E-state index in [4.69, 9.17) is 16.7 Å². The molecule has 0 fully saturated rings. The van der Waals surface area contributed by atoms with Crippen LogP contribution in [0.3, 0.4) is 0 Å². The number of aliphatic hydroxyl groups is 1. The van der Waals surface area contributed by atoms with Gasteiger partial charge in [-0.15, -0.1) is 0 Å². The van der Waals surface area contributed by atoms with Crippen molar-refractivity contribution >= 4 is 17.6 Å². The van der Waals surface area contributed by atoms with E-state index in [-0.39, 0.29) is 6.61 Å². The fourth-order valence-corrected chi connectivity index (χ4v) is 2.37. The number of nitrogens with zero attached hydrogens (tertiary/aromatic N) is 1. The molecule has 0 aliphatic heterocycles. The Hall–Kier alpha value is -2.11. The molecule has 0 saturated heterocycles. The second kappa shape index (κ2) is 9.25. The minimum atomic E-state index is -0.397. The second-order valence-corrected chi connectivity index (χ2v) is 5.75. The summed E-state index contributed by atoms with van der Waals surface area (Å²) >= 11 is 5.87. The molecule has 3 N–H and O–H groups in total. The van der Waals surface area contributed by atoms with Crippen LogP contribution in [0.25, 0.3) is 0 Å². The molecule has 0 radical (unpaired) electrons. The first-order chi connectivity index (χ1) is 11.6. The molecule has 24 heavy (non-hydrogen) atoms. The summed E-state index contributed by atoms with van der Waals surface area (Å²) in [6.45, 7) is 0.911. The van der Waals surface area contributed by atoms with Crippen molar-refractivity contribution in [3.8, 4) is 0 Å². The molecule has 0 saturated carbocycles. The van der Waals surface area contributed by atoms with E-state index in [0.29, 0.717) is 18.1 Å². The average molecular weight is 350 g/mol. The molecule has 2 rings (SSSR count). The first-order valence-corrected chi connectivity index (χ1v) is 8.07. The van der Waals surface area contributed by atoms with Crippen LogP contribution in [0, 0.1) is 5.82 Å². The van der Waals surface area contributed by atoms with E-state index in [0.717, 1.165) is 23.6 Å². The minimum absolute atomic E-state index is 0.292. The highest BCUT2D eigenvalue weighted by atomic mass is 35.5. The van der Waals surface area contributed by atoms with Gasteiger partial charge in [-0.05, 0) is 41.8 Å². The van der Waals surface area contributed by atoms with E-state index in [2.05, 4.69) is 15.6 Å². The van der Waals surface area contributed by atoms with E-state index in [1.54, 1.807) is 19.2 Å². The summed E-state index contributed by atoms with van der Waals surface area (Å²) in [5, 5.41) is 16.2. The fraction of sp³-hybridized carbons (Fsp3) is 0.278. The zero-order valence-corrected chi connectivity index (χ0v) is 14.3. The van der Waals surface area contributed by atoms with E-state index in [1.165, 1.54) is 11.6 Å². The van der Waals surface area contributed by atoms with Crippen molar-refractivity contribution in [1.82, 2.24) is 10.6 Å². The Labute approximate surface area is 146 Å². The summed E-state index contributed by atoms with van der Waals surface area (Å²) in [5.74, 6) is 0.269. The topological polar surface area (TPSA) is 56.7 Å². The number of aliphatic imine (C=N–C) groups is 1. The second-order valence-electron chi connectivity index (χ2n) is 5.31. The highest BCUT2D eigenvalue weighted by Gasteiger charge is 2.04. The van der Waals surface area contributed by atoms with Gasteiger partial charge < -0.3 is 15.7 Å². The van der Waals surface area contributed by atoms with Crippen LogP contribution in [0.2, 0.25) is 5.02 Å². The third kappa shape index (κ3) is 5.51. The highest BCUT2D eigenvalue weighted by molar-refractivity contribution is 6.30. The van der Waals surface area contributed by atoms with E-state index >= 15 is 0 Å². The Morgan fingerprint density at radius 2 is 1.83 bits per heavy atom. The van der Waals surface area contributed by atoms with E-state index in [9.17, 15) is 4.39 Å². The molecule has 128 valence electrons. The van der Waals surface area contributed by atoms with Crippen molar-refractivity contribution in [3.63, 3.8) is 0 Å². The first kappa shape index (κ1) is 18.2. The summed E-state index contributed by atoms with van der Waals surface area (Å²) in [4.78, 5) is 4.16. The molecule has 0 heterocycles. The van der Waals surface area contributed by atoms with Crippen LogP contribution in [0.5, 0.6) is 0 Å². The summed E-state index contributed by atoms with van der Waals surface area (Å²) in [6, 6.07) is 12.4. The number of benzene rings is 2. The third-order valence-electron chi connectivity index (χ3n) is 3.58. The van der Waals surface area contributed by atoms with Gasteiger partial charge in [0.25, 0.3) is 0 Å². The number of hydrogen-bond acceptors (Lipinski definition) is 2. The molecule has 0 aliphatic carbocycles. The smallest absolute Gasteiger partial charge is 0.191 e. The number of nitrogens with one attached hydrogen (secondary N) is 2. The lowest BCUT2D eigenvalue weighted by molar-refractivity contribution is 0.275. The van der Waals surface area contributed by atoms with Gasteiger partial charge in [0.2, 0.25) is 0 Å². The van der Waals surface area contributed by atoms with Crippen molar-refractivity contribution in [1.29, 1.82) is 0 Å². The molecule has 0 amide bonds. The fourth-order valence-electron chi connectivity index (χ4n) is 2.24. The van der Waals surface area contributed by atoms with Gasteiger partial charge >= 0.3 is 0 Å². The Kier molecular flexibility index (Phi) is 7.03. The van der Waals surface area contributed by atoms with Gasteiger partial charge in [-0.3, -0.25) is 4.99 Å². The molecule has 2 aromatic rings. The molecule has 2 aromatic carbocycles. The molecule has 0 bridgehead atoms. The van der Waals surface area contributed by atoms with Gasteiger partial charge in [0, 0.05) is 30.7 Å². The molecule has 0 unspecified atom stereocenters. The maximum atomic E-state index is 13.4. The average Bonchev–Trinajstić information content (AvgIpc) is 2.60. The zero-order valence-electron chi connectivity index (χ0n) is 13.5. The predicted molar refractivity (Wildman–Crippen MR) is 95.7 cm³/mol. The zero-order chi connectivity index (χ0) is 17.4. The third-order valence-corrected chi connectivity index (χ3v) is 3.84. The number of hydrogen-bond donors (Lipinski definition) is 3. The Bertz CT molecular complexity index is 689. The number of aliphatic hydroxyl groups excluding tert-OH is 1. The number of guanidine groups is 1. The largest absolute Gasteiger partial charge is 0.392 e. The maximum Gasteiger partial charge on any atom is 0.191 e. The molecular weight excluding hydrogens is 329 g/mol. The van der Waals surface area contributed by atoms with E-state index < -0.39 is 5.82 Å². The lowest BCUT2D eigenvalue weighted by Crippen LogP contribution is -2.37. The van der Waals surface area contributed by atoms with Crippen LogP contribution in [-0.2, 0) is 19.6 Å². The molecule has 0 aromatic heterocycles. The SMILES string of the molecule is CN=C(NCCc1ccc(Cl)cc1)NCc1ccc(F)c(CO)c1.